The summed E-state index contributed by atoms with van der Waals surface area (Å²) in [6, 6.07) is 0. The van der Waals surface area contributed by atoms with Gasteiger partial charge in [0.15, 0.2) is 0 Å². The van der Waals surface area contributed by atoms with Gasteiger partial charge in [0.25, 0.3) is 0 Å². The highest BCUT2D eigenvalue weighted by molar-refractivity contribution is 8.02. The highest BCUT2D eigenvalue weighted by Gasteiger charge is 2.28. The Labute approximate surface area is 128 Å². The van der Waals surface area contributed by atoms with Gasteiger partial charge in [-0.1, -0.05) is 18.2 Å². The molecule has 2 rings (SSSR count). The second-order valence-electron chi connectivity index (χ2n) is 4.63. The zero-order valence-corrected chi connectivity index (χ0v) is 12.9. The van der Waals surface area contributed by atoms with E-state index < -0.39 is 21.3 Å². The van der Waals surface area contributed by atoms with Crippen LogP contribution in [0.5, 0.6) is 0 Å². The van der Waals surface area contributed by atoms with Gasteiger partial charge in [-0.25, -0.2) is 0 Å². The molecular formula is C14H15NO6S. The summed E-state index contributed by atoms with van der Waals surface area (Å²) in [6.45, 7) is 1.03. The van der Waals surface area contributed by atoms with Crippen LogP contribution >= 0.6 is 0 Å². The van der Waals surface area contributed by atoms with Crippen LogP contribution in [0.2, 0.25) is 0 Å². The van der Waals surface area contributed by atoms with Crippen LogP contribution in [0.4, 0.5) is 4.79 Å². The number of nitrogens with one attached hydrogen (secondary N) is 1. The van der Waals surface area contributed by atoms with Gasteiger partial charge in [-0.2, -0.15) is 8.42 Å². The molecule has 118 valence electrons. The van der Waals surface area contributed by atoms with Crippen molar-refractivity contribution in [3.05, 3.63) is 47.0 Å². The molecule has 0 aromatic rings. The second kappa shape index (κ2) is 6.18. The van der Waals surface area contributed by atoms with Crippen LogP contribution in [0.1, 0.15) is 19.8 Å². The lowest BCUT2D eigenvalue weighted by molar-refractivity contribution is -0.117. The first-order chi connectivity index (χ1) is 10.3. The Morgan fingerprint density at radius 1 is 1.27 bits per heavy atom. The van der Waals surface area contributed by atoms with Crippen LogP contribution < -0.4 is 5.32 Å². The Morgan fingerprint density at radius 3 is 2.64 bits per heavy atom. The van der Waals surface area contributed by atoms with Crippen molar-refractivity contribution >= 4 is 21.3 Å². The van der Waals surface area contributed by atoms with Gasteiger partial charge in [0.1, 0.15) is 11.5 Å². The maximum Gasteiger partial charge on any atom is 0.394 e. The molecule has 8 heteroatoms. The maximum atomic E-state index is 11.7. The Bertz CT molecular complexity index is 739. The molecule has 0 unspecified atom stereocenters. The number of ether oxygens (including phenoxy) is 1. The van der Waals surface area contributed by atoms with Crippen LogP contribution in [0.3, 0.4) is 0 Å². The number of allylic oxidation sites excluding steroid dienone is 6. The van der Waals surface area contributed by atoms with Crippen LogP contribution in [-0.4, -0.2) is 26.7 Å². The van der Waals surface area contributed by atoms with E-state index in [2.05, 4.69) is 0 Å². The topological polar surface area (TPSA) is 98.8 Å². The zero-order valence-electron chi connectivity index (χ0n) is 12.1. The van der Waals surface area contributed by atoms with Gasteiger partial charge in [0.05, 0.1) is 7.11 Å². The monoisotopic (exact) mass is 325 g/mol. The SMILES string of the molecule is COC1=C(C2=CCC(OS(=O)(=O)C(=O)NC(C)=O)=C2)C=CC1. The standard InChI is InChI=1S/C14H15NO6S/c1-9(16)15-14(17)22(18,19)21-11-7-6-10(8-11)12-4-3-5-13(12)20-2/h3-4,6,8H,5,7H2,1-2H3,(H,15,16,17). The van der Waals surface area contributed by atoms with Gasteiger partial charge < -0.3 is 8.92 Å². The number of imide groups is 1. The lowest BCUT2D eigenvalue weighted by Crippen LogP contribution is -2.34. The molecular weight excluding hydrogens is 310 g/mol. The van der Waals surface area contributed by atoms with Crippen molar-refractivity contribution < 1.29 is 26.9 Å². The fourth-order valence-corrected chi connectivity index (χ4v) is 2.81. The predicted octanol–water partition coefficient (Wildman–Crippen LogP) is 1.66. The van der Waals surface area contributed by atoms with Crippen molar-refractivity contribution in [2.24, 2.45) is 0 Å². The van der Waals surface area contributed by atoms with Crippen LogP contribution in [-0.2, 0) is 23.8 Å². The highest BCUT2D eigenvalue weighted by Crippen LogP contribution is 2.32. The summed E-state index contributed by atoms with van der Waals surface area (Å²) in [7, 11) is -2.98. The van der Waals surface area contributed by atoms with Crippen molar-refractivity contribution in [3.8, 4) is 0 Å². The average Bonchev–Trinajstić information content (AvgIpc) is 3.05. The average molecular weight is 325 g/mol. The van der Waals surface area contributed by atoms with E-state index in [0.29, 0.717) is 6.42 Å². The van der Waals surface area contributed by atoms with Crippen molar-refractivity contribution in [1.29, 1.82) is 0 Å². The number of carbonyl (C=O) groups excluding carboxylic acids is 2. The molecule has 0 radical (unpaired) electrons. The third-order valence-corrected chi connectivity index (χ3v) is 4.00. The molecule has 2 aliphatic rings. The van der Waals surface area contributed by atoms with Crippen LogP contribution in [0.25, 0.3) is 0 Å². The lowest BCUT2D eigenvalue weighted by Gasteiger charge is -2.06. The Balaban J connectivity index is 2.11. The summed E-state index contributed by atoms with van der Waals surface area (Å²) in [4.78, 5) is 22.1. The second-order valence-corrected chi connectivity index (χ2v) is 6.07. The Hall–Kier alpha value is -2.35. The molecule has 0 aromatic carbocycles. The number of carbonyl (C=O) groups is 2. The van der Waals surface area contributed by atoms with Crippen molar-refractivity contribution in [2.75, 3.05) is 7.11 Å². The number of methoxy groups -OCH3 is 1. The molecule has 0 saturated heterocycles. The summed E-state index contributed by atoms with van der Waals surface area (Å²) in [5.41, 5.74) is 1.62. The van der Waals surface area contributed by atoms with Crippen LogP contribution in [0, 0.1) is 0 Å². The molecule has 0 saturated carbocycles. The first kappa shape index (κ1) is 16.0. The molecule has 0 aliphatic heterocycles. The van der Waals surface area contributed by atoms with E-state index in [0.717, 1.165) is 23.8 Å². The summed E-state index contributed by atoms with van der Waals surface area (Å²) in [5, 5.41) is 0.184. The fraction of sp³-hybridized carbons (Fsp3) is 0.286. The molecule has 22 heavy (non-hydrogen) atoms. The largest absolute Gasteiger partial charge is 0.500 e. The first-order valence-electron chi connectivity index (χ1n) is 6.44. The summed E-state index contributed by atoms with van der Waals surface area (Å²) in [6.07, 6.45) is 8.02. The molecule has 7 nitrogen and oxygen atoms in total. The summed E-state index contributed by atoms with van der Waals surface area (Å²) >= 11 is 0. The molecule has 0 heterocycles. The quantitative estimate of drug-likeness (QED) is 0.789. The highest BCUT2D eigenvalue weighted by atomic mass is 32.2. The van der Waals surface area contributed by atoms with E-state index in [-0.39, 0.29) is 12.2 Å². The van der Waals surface area contributed by atoms with Gasteiger partial charge in [-0.15, -0.1) is 0 Å². The maximum absolute atomic E-state index is 11.7. The number of hydrogen-bond donors (Lipinski definition) is 1. The van der Waals surface area contributed by atoms with Gasteiger partial charge in [-0.05, 0) is 11.6 Å². The molecule has 0 bridgehead atoms. The third-order valence-electron chi connectivity index (χ3n) is 3.01. The Kier molecular flexibility index (Phi) is 4.51. The summed E-state index contributed by atoms with van der Waals surface area (Å²) < 4.78 is 33.3. The van der Waals surface area contributed by atoms with Crippen molar-refractivity contribution in [2.45, 2.75) is 19.8 Å². The van der Waals surface area contributed by atoms with E-state index in [4.69, 9.17) is 8.92 Å². The molecule has 1 N–H and O–H groups in total. The molecule has 0 aromatic heterocycles. The molecule has 2 aliphatic carbocycles. The smallest absolute Gasteiger partial charge is 0.394 e. The molecule has 0 fully saturated rings. The normalized spacial score (nSPS) is 17.2. The Morgan fingerprint density at radius 2 is 2.00 bits per heavy atom. The third kappa shape index (κ3) is 3.45. The minimum Gasteiger partial charge on any atom is -0.500 e. The van der Waals surface area contributed by atoms with E-state index in [1.807, 2.05) is 12.2 Å². The van der Waals surface area contributed by atoms with Crippen molar-refractivity contribution in [3.63, 3.8) is 0 Å². The van der Waals surface area contributed by atoms with E-state index in [9.17, 15) is 18.0 Å². The predicted molar refractivity (Wildman–Crippen MR) is 77.8 cm³/mol. The van der Waals surface area contributed by atoms with E-state index in [1.54, 1.807) is 18.5 Å². The number of rotatable bonds is 4. The minimum absolute atomic E-state index is 0.108. The van der Waals surface area contributed by atoms with Gasteiger partial charge in [0.2, 0.25) is 5.91 Å². The van der Waals surface area contributed by atoms with Crippen molar-refractivity contribution in [1.82, 2.24) is 5.32 Å². The number of hydrogen-bond acceptors (Lipinski definition) is 6. The van der Waals surface area contributed by atoms with E-state index in [1.165, 1.54) is 6.08 Å². The molecule has 0 atom stereocenters. The lowest BCUT2D eigenvalue weighted by atomic mass is 10.1. The first-order valence-corrected chi connectivity index (χ1v) is 7.85. The molecule has 2 amide bonds. The summed E-state index contributed by atoms with van der Waals surface area (Å²) in [5.74, 6) is 0.111. The van der Waals surface area contributed by atoms with Gasteiger partial charge in [-0.3, -0.25) is 14.9 Å². The fourth-order valence-electron chi connectivity index (χ4n) is 2.07. The number of amides is 2. The van der Waals surface area contributed by atoms with Gasteiger partial charge >= 0.3 is 15.4 Å². The minimum atomic E-state index is -4.54. The van der Waals surface area contributed by atoms with Crippen LogP contribution in [0.15, 0.2) is 47.0 Å². The molecule has 0 spiro atoms. The van der Waals surface area contributed by atoms with Gasteiger partial charge in [0, 0.05) is 25.3 Å². The van der Waals surface area contributed by atoms with E-state index >= 15 is 0 Å². The zero-order chi connectivity index (χ0) is 16.3.